The van der Waals surface area contributed by atoms with E-state index in [9.17, 15) is 9.90 Å². The fourth-order valence-corrected chi connectivity index (χ4v) is 1.58. The normalized spacial score (nSPS) is 9.39. The van der Waals surface area contributed by atoms with Crippen LogP contribution in [0.2, 0.25) is 0 Å². The topological polar surface area (TPSA) is 46.5 Å². The molecule has 0 aromatic heterocycles. The Bertz CT molecular complexity index is 538. The van der Waals surface area contributed by atoms with Crippen LogP contribution in [0.15, 0.2) is 48.5 Å². The molecule has 0 amide bonds. The predicted molar refractivity (Wildman–Crippen MR) is 73.1 cm³/mol. The summed E-state index contributed by atoms with van der Waals surface area (Å²) in [4.78, 5) is 12.1. The Morgan fingerprint density at radius 2 is 1.78 bits per heavy atom. The van der Waals surface area contributed by atoms with Gasteiger partial charge >= 0.3 is 27.3 Å². The third-order valence-corrected chi connectivity index (χ3v) is 2.49. The molecule has 0 saturated carbocycles. The minimum atomic E-state index is -0.203. The van der Waals surface area contributed by atoms with Gasteiger partial charge in [0.2, 0.25) is 0 Å². The Morgan fingerprint density at radius 1 is 1.11 bits per heavy atom. The second-order valence-electron chi connectivity index (χ2n) is 3.58. The summed E-state index contributed by atoms with van der Waals surface area (Å²) in [7, 11) is 1.51. The molecule has 0 saturated heterocycles. The molecular formula is C14H14O3Pb. The molecule has 0 unspecified atom stereocenters. The van der Waals surface area contributed by atoms with Crippen molar-refractivity contribution in [3.8, 4) is 11.5 Å². The fourth-order valence-electron chi connectivity index (χ4n) is 1.58. The standard InChI is InChI=1S/C14H12O3.Pb.2H/c1-17-11-7-8-12(13(15)9-11)14(16)10-5-3-2-4-6-10;;;/h2-9,15H,1H3;;;. The van der Waals surface area contributed by atoms with Crippen molar-refractivity contribution < 1.29 is 14.6 Å². The predicted octanol–water partition coefficient (Wildman–Crippen LogP) is 1.72. The number of rotatable bonds is 3. The number of methoxy groups -OCH3 is 1. The number of phenols is 1. The second kappa shape index (κ2) is 6.53. The molecule has 0 heterocycles. The Morgan fingerprint density at radius 3 is 2.33 bits per heavy atom. The van der Waals surface area contributed by atoms with Crippen LogP contribution in [0.1, 0.15) is 15.9 Å². The monoisotopic (exact) mass is 438 g/mol. The number of ether oxygens (including phenoxy) is 1. The van der Waals surface area contributed by atoms with Gasteiger partial charge in [0, 0.05) is 11.6 Å². The first-order valence-corrected chi connectivity index (χ1v) is 5.19. The minimum absolute atomic E-state index is 0. The molecule has 2 rings (SSSR count). The van der Waals surface area contributed by atoms with E-state index in [4.69, 9.17) is 4.74 Å². The van der Waals surface area contributed by atoms with Gasteiger partial charge in [-0.3, -0.25) is 4.79 Å². The number of hydrogen-bond donors (Lipinski definition) is 1. The average Bonchev–Trinajstić information content (AvgIpc) is 2.39. The van der Waals surface area contributed by atoms with Crippen molar-refractivity contribution in [3.63, 3.8) is 0 Å². The number of phenolic OH excluding ortho intramolecular Hbond substituents is 1. The molecular weight excluding hydrogens is 423 g/mol. The quantitative estimate of drug-likeness (QED) is 0.588. The zero-order chi connectivity index (χ0) is 12.3. The maximum absolute atomic E-state index is 12.1. The Labute approximate surface area is 126 Å². The fraction of sp³-hybridized carbons (Fsp3) is 0.0714. The Kier molecular flexibility index (Phi) is 5.33. The van der Waals surface area contributed by atoms with E-state index >= 15 is 0 Å². The summed E-state index contributed by atoms with van der Waals surface area (Å²) in [6.07, 6.45) is 0. The molecule has 4 heteroatoms. The van der Waals surface area contributed by atoms with Gasteiger partial charge in [0.1, 0.15) is 11.5 Å². The van der Waals surface area contributed by atoms with Gasteiger partial charge in [0.15, 0.2) is 5.78 Å². The molecule has 0 bridgehead atoms. The summed E-state index contributed by atoms with van der Waals surface area (Å²) < 4.78 is 4.96. The third kappa shape index (κ3) is 3.10. The van der Waals surface area contributed by atoms with Gasteiger partial charge in [-0.25, -0.2) is 0 Å². The molecule has 0 aliphatic rings. The molecule has 2 radical (unpaired) electrons. The zero-order valence-electron chi connectivity index (χ0n) is 10.1. The number of hydrogen-bond acceptors (Lipinski definition) is 3. The third-order valence-electron chi connectivity index (χ3n) is 2.49. The van der Waals surface area contributed by atoms with Gasteiger partial charge in [0.25, 0.3) is 0 Å². The van der Waals surface area contributed by atoms with Crippen LogP contribution in [0.3, 0.4) is 0 Å². The molecule has 0 fully saturated rings. The van der Waals surface area contributed by atoms with Crippen LogP contribution in [0.5, 0.6) is 11.5 Å². The van der Waals surface area contributed by atoms with Crippen molar-refractivity contribution in [2.75, 3.05) is 7.11 Å². The van der Waals surface area contributed by atoms with E-state index in [2.05, 4.69) is 0 Å². The molecule has 0 atom stereocenters. The van der Waals surface area contributed by atoms with E-state index in [1.807, 2.05) is 6.07 Å². The average molecular weight is 437 g/mol. The summed E-state index contributed by atoms with van der Waals surface area (Å²) >= 11 is 0. The number of carbonyl (C=O) groups excluding carboxylic acids is 1. The number of ketones is 1. The number of carbonyl (C=O) groups is 1. The molecule has 3 nitrogen and oxygen atoms in total. The number of benzene rings is 2. The molecule has 1 N–H and O–H groups in total. The summed E-state index contributed by atoms with van der Waals surface area (Å²) in [5.41, 5.74) is 0.824. The van der Waals surface area contributed by atoms with Gasteiger partial charge in [-0.05, 0) is 12.1 Å². The molecule has 0 aliphatic heterocycles. The van der Waals surface area contributed by atoms with Crippen molar-refractivity contribution in [2.24, 2.45) is 0 Å². The van der Waals surface area contributed by atoms with E-state index < -0.39 is 0 Å². The second-order valence-corrected chi connectivity index (χ2v) is 3.58. The molecule has 0 spiro atoms. The van der Waals surface area contributed by atoms with Crippen LogP contribution in [0.25, 0.3) is 0 Å². The van der Waals surface area contributed by atoms with E-state index in [0.717, 1.165) is 0 Å². The van der Waals surface area contributed by atoms with Crippen molar-refractivity contribution in [1.29, 1.82) is 0 Å². The SMILES string of the molecule is COc1ccc(C(=O)c2ccccc2)c(O)c1.[PbH2]. The summed E-state index contributed by atoms with van der Waals surface area (Å²) in [6.45, 7) is 0. The van der Waals surface area contributed by atoms with Crippen LogP contribution in [0, 0.1) is 0 Å². The first-order chi connectivity index (χ1) is 8.22. The van der Waals surface area contributed by atoms with Gasteiger partial charge < -0.3 is 9.84 Å². The van der Waals surface area contributed by atoms with E-state index in [-0.39, 0.29) is 44.4 Å². The van der Waals surface area contributed by atoms with Crippen LogP contribution < -0.4 is 4.74 Å². The summed E-state index contributed by atoms with van der Waals surface area (Å²) in [5.74, 6) is 0.246. The molecule has 2 aromatic rings. The van der Waals surface area contributed by atoms with Gasteiger partial charge in [0.05, 0.1) is 12.7 Å². The van der Waals surface area contributed by atoms with E-state index in [1.165, 1.54) is 13.2 Å². The Balaban J connectivity index is 0.00000162. The maximum atomic E-state index is 12.1. The van der Waals surface area contributed by atoms with Gasteiger partial charge in [-0.15, -0.1) is 0 Å². The first-order valence-electron chi connectivity index (χ1n) is 5.19. The summed E-state index contributed by atoms with van der Waals surface area (Å²) in [6, 6.07) is 13.5. The van der Waals surface area contributed by atoms with Gasteiger partial charge in [-0.1, -0.05) is 30.3 Å². The Hall–Kier alpha value is -1.37. The van der Waals surface area contributed by atoms with E-state index in [0.29, 0.717) is 11.3 Å². The molecule has 18 heavy (non-hydrogen) atoms. The zero-order valence-corrected chi connectivity index (χ0v) is 15.6. The van der Waals surface area contributed by atoms with Gasteiger partial charge in [-0.2, -0.15) is 0 Å². The van der Waals surface area contributed by atoms with Crippen LogP contribution in [0.4, 0.5) is 0 Å². The van der Waals surface area contributed by atoms with Crippen molar-refractivity contribution in [3.05, 3.63) is 59.7 Å². The molecule has 92 valence electrons. The van der Waals surface area contributed by atoms with Crippen LogP contribution in [-0.2, 0) is 0 Å². The van der Waals surface area contributed by atoms with E-state index in [1.54, 1.807) is 36.4 Å². The van der Waals surface area contributed by atoms with Crippen molar-refractivity contribution in [2.45, 2.75) is 0 Å². The molecule has 0 aliphatic carbocycles. The summed E-state index contributed by atoms with van der Waals surface area (Å²) in [5, 5.41) is 9.75. The number of aromatic hydroxyl groups is 1. The first kappa shape index (κ1) is 14.7. The van der Waals surface area contributed by atoms with Crippen LogP contribution in [-0.4, -0.2) is 45.3 Å². The molecule has 2 aromatic carbocycles. The van der Waals surface area contributed by atoms with Crippen molar-refractivity contribution >= 4 is 33.1 Å². The van der Waals surface area contributed by atoms with Crippen LogP contribution >= 0.6 is 0 Å². The van der Waals surface area contributed by atoms with Crippen molar-refractivity contribution in [1.82, 2.24) is 0 Å².